The van der Waals surface area contributed by atoms with Crippen LogP contribution in [0.1, 0.15) is 0 Å². The first kappa shape index (κ1) is 27.1. The Bertz CT molecular complexity index is 3000. The largest absolute Gasteiger partial charge is 0.456 e. The van der Waals surface area contributed by atoms with Gasteiger partial charge in [-0.3, -0.25) is 9.97 Å². The number of rotatable bonds is 4. The molecule has 11 aromatic rings. The summed E-state index contributed by atoms with van der Waals surface area (Å²) >= 11 is 0. The monoisotopic (exact) mass is 642 g/mol. The first-order valence-electron chi connectivity index (χ1n) is 16.6. The van der Waals surface area contributed by atoms with Crippen LogP contribution in [0.25, 0.3) is 82.1 Å². The standard InChI is InChI=1S/C44H26N4O2/c1-2-8-29(9-3-1)48-39-21-28-7-5-4-6-27(28)20-34(39)33-13-10-32(24-40(33)48)47(30-11-14-41-35(22-30)37-25-45-18-16-43(37)49-41)31-12-15-42-36(23-31)38-26-46-19-17-44(38)50-42/h1-26H. The zero-order valence-corrected chi connectivity index (χ0v) is 26.6. The highest BCUT2D eigenvalue weighted by atomic mass is 16.3. The third-order valence-electron chi connectivity index (χ3n) is 9.91. The highest BCUT2D eigenvalue weighted by molar-refractivity contribution is 6.15. The van der Waals surface area contributed by atoms with E-state index in [1.165, 1.54) is 27.1 Å². The van der Waals surface area contributed by atoms with E-state index < -0.39 is 0 Å². The molecule has 5 heterocycles. The van der Waals surface area contributed by atoms with Gasteiger partial charge in [-0.15, -0.1) is 0 Å². The zero-order chi connectivity index (χ0) is 32.8. The minimum Gasteiger partial charge on any atom is -0.456 e. The Kier molecular flexibility index (Phi) is 5.57. The summed E-state index contributed by atoms with van der Waals surface area (Å²) in [5.41, 5.74) is 9.73. The van der Waals surface area contributed by atoms with Gasteiger partial charge in [0.05, 0.1) is 11.0 Å². The fourth-order valence-electron chi connectivity index (χ4n) is 7.63. The molecule has 234 valence electrons. The molecule has 6 aromatic carbocycles. The Hall–Kier alpha value is -6.92. The number of benzene rings is 6. The number of aromatic nitrogens is 3. The summed E-state index contributed by atoms with van der Waals surface area (Å²) in [6, 6.07) is 47.2. The van der Waals surface area contributed by atoms with Crippen LogP contribution in [0.3, 0.4) is 0 Å². The van der Waals surface area contributed by atoms with Gasteiger partial charge in [-0.2, -0.15) is 0 Å². The van der Waals surface area contributed by atoms with E-state index in [0.29, 0.717) is 0 Å². The van der Waals surface area contributed by atoms with Gasteiger partial charge < -0.3 is 18.3 Å². The lowest BCUT2D eigenvalue weighted by atomic mass is 10.1. The van der Waals surface area contributed by atoms with Gasteiger partial charge in [-0.25, -0.2) is 0 Å². The highest BCUT2D eigenvalue weighted by Crippen LogP contribution is 2.43. The Labute approximate surface area is 285 Å². The van der Waals surface area contributed by atoms with Gasteiger partial charge >= 0.3 is 0 Å². The van der Waals surface area contributed by atoms with Gasteiger partial charge in [0.1, 0.15) is 22.3 Å². The molecular formula is C44H26N4O2. The Balaban J connectivity index is 1.21. The van der Waals surface area contributed by atoms with Crippen LogP contribution >= 0.6 is 0 Å². The van der Waals surface area contributed by atoms with Crippen molar-refractivity contribution >= 4 is 93.5 Å². The lowest BCUT2D eigenvalue weighted by Gasteiger charge is -2.26. The maximum atomic E-state index is 6.20. The van der Waals surface area contributed by atoms with Gasteiger partial charge in [0, 0.05) is 79.9 Å². The summed E-state index contributed by atoms with van der Waals surface area (Å²) in [4.78, 5) is 11.1. The molecule has 6 heteroatoms. The van der Waals surface area contributed by atoms with E-state index in [1.54, 1.807) is 12.4 Å². The minimum absolute atomic E-state index is 0.818. The third kappa shape index (κ3) is 3.96. The third-order valence-corrected chi connectivity index (χ3v) is 9.91. The fourth-order valence-corrected chi connectivity index (χ4v) is 7.63. The number of pyridine rings is 2. The molecule has 5 aromatic heterocycles. The maximum absolute atomic E-state index is 6.20. The van der Waals surface area contributed by atoms with Crippen molar-refractivity contribution in [3.05, 3.63) is 158 Å². The summed E-state index contributed by atoms with van der Waals surface area (Å²) in [5, 5.41) is 8.86. The number of furan rings is 2. The van der Waals surface area contributed by atoms with E-state index >= 15 is 0 Å². The first-order chi connectivity index (χ1) is 24.8. The van der Waals surface area contributed by atoms with E-state index in [-0.39, 0.29) is 0 Å². The number of fused-ring (bicyclic) bond motifs is 10. The van der Waals surface area contributed by atoms with Crippen LogP contribution in [0.2, 0.25) is 0 Å². The number of hydrogen-bond donors (Lipinski definition) is 0. The molecular weight excluding hydrogens is 617 g/mol. The molecule has 0 saturated heterocycles. The van der Waals surface area contributed by atoms with Gasteiger partial charge in [0.25, 0.3) is 0 Å². The smallest absolute Gasteiger partial charge is 0.138 e. The quantitative estimate of drug-likeness (QED) is 0.191. The minimum atomic E-state index is 0.818. The van der Waals surface area contributed by atoms with Crippen molar-refractivity contribution in [1.82, 2.24) is 14.5 Å². The lowest BCUT2D eigenvalue weighted by molar-refractivity contribution is 0.668. The average Bonchev–Trinajstić information content (AvgIpc) is 3.83. The first-order valence-corrected chi connectivity index (χ1v) is 16.6. The molecule has 0 aliphatic heterocycles. The maximum Gasteiger partial charge on any atom is 0.138 e. The SMILES string of the molecule is c1ccc(-n2c3cc(N(c4ccc5oc6ccncc6c5c4)c4ccc5oc6ccncc6c5c4)ccc3c3cc4ccccc4cc32)cc1. The predicted molar refractivity (Wildman–Crippen MR) is 203 cm³/mol. The summed E-state index contributed by atoms with van der Waals surface area (Å²) in [6.07, 6.45) is 7.28. The molecule has 0 aliphatic rings. The van der Waals surface area contributed by atoms with Crippen molar-refractivity contribution in [2.75, 3.05) is 4.90 Å². The van der Waals surface area contributed by atoms with Crippen LogP contribution in [-0.2, 0) is 0 Å². The zero-order valence-electron chi connectivity index (χ0n) is 26.6. The van der Waals surface area contributed by atoms with Crippen molar-refractivity contribution in [2.45, 2.75) is 0 Å². The average molecular weight is 643 g/mol. The van der Waals surface area contributed by atoms with Crippen molar-refractivity contribution in [1.29, 1.82) is 0 Å². The van der Waals surface area contributed by atoms with Crippen molar-refractivity contribution in [3.63, 3.8) is 0 Å². The molecule has 50 heavy (non-hydrogen) atoms. The van der Waals surface area contributed by atoms with E-state index in [9.17, 15) is 0 Å². The molecule has 0 saturated carbocycles. The number of nitrogens with zero attached hydrogens (tertiary/aromatic N) is 4. The molecule has 0 fully saturated rings. The number of anilines is 3. The molecule has 0 atom stereocenters. The van der Waals surface area contributed by atoms with Gasteiger partial charge in [0.2, 0.25) is 0 Å². The van der Waals surface area contributed by atoms with Gasteiger partial charge in [-0.1, -0.05) is 48.5 Å². The summed E-state index contributed by atoms with van der Waals surface area (Å²) < 4.78 is 14.8. The van der Waals surface area contributed by atoms with E-state index in [4.69, 9.17) is 8.83 Å². The molecule has 0 unspecified atom stereocenters. The molecule has 6 nitrogen and oxygen atoms in total. The van der Waals surface area contributed by atoms with E-state index in [1.807, 2.05) is 24.5 Å². The Morgan fingerprint density at radius 3 is 1.62 bits per heavy atom. The van der Waals surface area contributed by atoms with E-state index in [0.717, 1.165) is 72.1 Å². The molecule has 0 bridgehead atoms. The van der Waals surface area contributed by atoms with Crippen molar-refractivity contribution in [2.24, 2.45) is 0 Å². The summed E-state index contributed by atoms with van der Waals surface area (Å²) in [7, 11) is 0. The number of para-hydroxylation sites is 1. The fraction of sp³-hybridized carbons (Fsp3) is 0. The second-order valence-corrected chi connectivity index (χ2v) is 12.7. The molecule has 0 spiro atoms. The van der Waals surface area contributed by atoms with Crippen LogP contribution < -0.4 is 4.90 Å². The van der Waals surface area contributed by atoms with Crippen LogP contribution in [0, 0.1) is 0 Å². The molecule has 11 rings (SSSR count). The molecule has 0 amide bonds. The second kappa shape index (κ2) is 10.3. The van der Waals surface area contributed by atoms with Crippen molar-refractivity contribution in [3.8, 4) is 5.69 Å². The van der Waals surface area contributed by atoms with Crippen molar-refractivity contribution < 1.29 is 8.83 Å². The topological polar surface area (TPSA) is 60.2 Å². The summed E-state index contributed by atoms with van der Waals surface area (Å²) in [5.74, 6) is 0. The van der Waals surface area contributed by atoms with Crippen LogP contribution in [0.5, 0.6) is 0 Å². The normalized spacial score (nSPS) is 12.0. The number of hydrogen-bond acceptors (Lipinski definition) is 5. The van der Waals surface area contributed by atoms with Crippen LogP contribution in [-0.4, -0.2) is 14.5 Å². The van der Waals surface area contributed by atoms with E-state index in [2.05, 4.69) is 141 Å². The lowest BCUT2D eigenvalue weighted by Crippen LogP contribution is -2.10. The predicted octanol–water partition coefficient (Wildman–Crippen LogP) is 12.0. The highest BCUT2D eigenvalue weighted by Gasteiger charge is 2.20. The molecule has 0 radical (unpaired) electrons. The second-order valence-electron chi connectivity index (χ2n) is 12.7. The van der Waals surface area contributed by atoms with Crippen LogP contribution in [0.15, 0.2) is 167 Å². The Morgan fingerprint density at radius 1 is 0.420 bits per heavy atom. The molecule has 0 aliphatic carbocycles. The molecule has 0 N–H and O–H groups in total. The van der Waals surface area contributed by atoms with Gasteiger partial charge in [0.15, 0.2) is 0 Å². The van der Waals surface area contributed by atoms with Crippen LogP contribution in [0.4, 0.5) is 17.1 Å². The van der Waals surface area contributed by atoms with Gasteiger partial charge in [-0.05, 0) is 95.7 Å². The Morgan fingerprint density at radius 2 is 0.960 bits per heavy atom. The summed E-state index contributed by atoms with van der Waals surface area (Å²) in [6.45, 7) is 0.